The lowest BCUT2D eigenvalue weighted by atomic mass is 9.90. The zero-order valence-electron chi connectivity index (χ0n) is 15.3. The molecule has 0 amide bonds. The van der Waals surface area contributed by atoms with E-state index in [0.29, 0.717) is 0 Å². The Morgan fingerprint density at radius 3 is 2.07 bits per heavy atom. The van der Waals surface area contributed by atoms with E-state index < -0.39 is 0 Å². The number of imidazole rings is 1. The molecule has 132 valence electrons. The van der Waals surface area contributed by atoms with Crippen molar-refractivity contribution >= 4 is 11.0 Å². The number of benzene rings is 3. The molecule has 0 saturated carbocycles. The highest BCUT2D eigenvalue weighted by Gasteiger charge is 2.17. The van der Waals surface area contributed by atoms with Gasteiger partial charge in [-0.2, -0.15) is 0 Å². The molecule has 4 rings (SSSR count). The third-order valence-corrected chi connectivity index (χ3v) is 4.80. The summed E-state index contributed by atoms with van der Waals surface area (Å²) in [5.41, 5.74) is 8.04. The topological polar surface area (TPSA) is 28.7 Å². The number of allylic oxidation sites excluding steroid dienone is 2. The first-order valence-electron chi connectivity index (χ1n) is 9.19. The fraction of sp³-hybridized carbons (Fsp3) is 0.0800. The first-order chi connectivity index (χ1) is 13.3. The number of hydrogen-bond acceptors (Lipinski definition) is 1. The maximum atomic E-state index is 4.99. The Morgan fingerprint density at radius 1 is 0.815 bits per heavy atom. The van der Waals surface area contributed by atoms with Gasteiger partial charge in [-0.15, -0.1) is 13.2 Å². The summed E-state index contributed by atoms with van der Waals surface area (Å²) < 4.78 is 0. The zero-order valence-corrected chi connectivity index (χ0v) is 15.3. The molecule has 4 aromatic rings. The number of rotatable bonds is 6. The van der Waals surface area contributed by atoms with Gasteiger partial charge >= 0.3 is 0 Å². The van der Waals surface area contributed by atoms with Gasteiger partial charge in [0.25, 0.3) is 0 Å². The molecule has 0 radical (unpaired) electrons. The molecule has 0 atom stereocenters. The van der Waals surface area contributed by atoms with E-state index in [1.165, 1.54) is 22.3 Å². The van der Waals surface area contributed by atoms with Gasteiger partial charge in [0.05, 0.1) is 11.0 Å². The molecule has 1 aromatic heterocycles. The fourth-order valence-corrected chi connectivity index (χ4v) is 3.61. The van der Waals surface area contributed by atoms with Gasteiger partial charge in [0.2, 0.25) is 0 Å². The van der Waals surface area contributed by atoms with Crippen LogP contribution in [-0.2, 0) is 12.8 Å². The van der Waals surface area contributed by atoms with E-state index in [2.05, 4.69) is 60.6 Å². The van der Waals surface area contributed by atoms with Crippen molar-refractivity contribution in [3.05, 3.63) is 103 Å². The second-order valence-corrected chi connectivity index (χ2v) is 6.59. The van der Waals surface area contributed by atoms with Crippen LogP contribution < -0.4 is 0 Å². The molecule has 0 fully saturated rings. The van der Waals surface area contributed by atoms with E-state index in [-0.39, 0.29) is 0 Å². The van der Waals surface area contributed by atoms with Crippen LogP contribution in [0.5, 0.6) is 0 Å². The lowest BCUT2D eigenvalue weighted by Crippen LogP contribution is -1.97. The summed E-state index contributed by atoms with van der Waals surface area (Å²) in [6, 6.07) is 22.9. The lowest BCUT2D eigenvalue weighted by Gasteiger charge is -2.14. The Hall–Kier alpha value is -3.39. The molecule has 2 nitrogen and oxygen atoms in total. The predicted octanol–water partition coefficient (Wildman–Crippen LogP) is 6.35. The monoisotopic (exact) mass is 350 g/mol. The van der Waals surface area contributed by atoms with E-state index in [4.69, 9.17) is 4.98 Å². The van der Waals surface area contributed by atoms with Gasteiger partial charge in [-0.05, 0) is 35.6 Å². The van der Waals surface area contributed by atoms with Crippen LogP contribution in [0.2, 0.25) is 0 Å². The number of nitrogens with zero attached hydrogens (tertiary/aromatic N) is 1. The Kier molecular flexibility index (Phi) is 4.71. The van der Waals surface area contributed by atoms with Gasteiger partial charge in [0.15, 0.2) is 0 Å². The third kappa shape index (κ3) is 3.22. The van der Waals surface area contributed by atoms with Crippen LogP contribution in [-0.4, -0.2) is 9.97 Å². The van der Waals surface area contributed by atoms with E-state index >= 15 is 0 Å². The van der Waals surface area contributed by atoms with E-state index in [1.54, 1.807) is 0 Å². The number of nitrogens with one attached hydrogen (secondary N) is 1. The molecule has 27 heavy (non-hydrogen) atoms. The maximum Gasteiger partial charge on any atom is 0.138 e. The third-order valence-electron chi connectivity index (χ3n) is 4.80. The first kappa shape index (κ1) is 17.0. The van der Waals surface area contributed by atoms with Crippen LogP contribution in [0.1, 0.15) is 11.1 Å². The maximum absolute atomic E-state index is 4.99. The van der Waals surface area contributed by atoms with Crippen LogP contribution in [0.15, 0.2) is 92.0 Å². The molecular weight excluding hydrogens is 328 g/mol. The smallest absolute Gasteiger partial charge is 0.138 e. The molecule has 0 aliphatic heterocycles. The summed E-state index contributed by atoms with van der Waals surface area (Å²) in [6.07, 6.45) is 5.54. The number of aromatic amines is 1. The molecule has 0 aliphatic rings. The number of hydrogen-bond donors (Lipinski definition) is 1. The molecule has 0 saturated heterocycles. The minimum atomic E-state index is 0.802. The molecule has 0 unspecified atom stereocenters. The summed E-state index contributed by atoms with van der Waals surface area (Å²) >= 11 is 0. The molecule has 1 heterocycles. The molecule has 0 spiro atoms. The average molecular weight is 350 g/mol. The normalized spacial score (nSPS) is 10.8. The Balaban J connectivity index is 2.04. The average Bonchev–Trinajstić information content (AvgIpc) is 3.14. The molecule has 1 N–H and O–H groups in total. The van der Waals surface area contributed by atoms with Gasteiger partial charge in [-0.25, -0.2) is 4.98 Å². The Morgan fingerprint density at radius 2 is 1.44 bits per heavy atom. The molecule has 3 aromatic carbocycles. The number of fused-ring (bicyclic) bond motifs is 1. The fourth-order valence-electron chi connectivity index (χ4n) is 3.61. The minimum absolute atomic E-state index is 0.802. The second-order valence-electron chi connectivity index (χ2n) is 6.59. The van der Waals surface area contributed by atoms with E-state index in [9.17, 15) is 0 Å². The number of aromatic nitrogens is 2. The molecule has 2 heteroatoms. The van der Waals surface area contributed by atoms with Crippen molar-refractivity contribution in [3.8, 4) is 22.5 Å². The highest BCUT2D eigenvalue weighted by Crippen LogP contribution is 2.36. The molecule has 0 bridgehead atoms. The van der Waals surface area contributed by atoms with E-state index in [0.717, 1.165) is 35.3 Å². The largest absolute Gasteiger partial charge is 0.338 e. The number of H-pyrrole nitrogens is 1. The van der Waals surface area contributed by atoms with Gasteiger partial charge in [0.1, 0.15) is 5.82 Å². The van der Waals surface area contributed by atoms with Gasteiger partial charge in [-0.3, -0.25) is 0 Å². The lowest BCUT2D eigenvalue weighted by molar-refractivity contribution is 1.16. The Bertz CT molecular complexity index is 1090. The van der Waals surface area contributed by atoms with Crippen molar-refractivity contribution in [3.63, 3.8) is 0 Å². The SMILES string of the molecule is C=CCc1cc2[nH]c(-c3ccccc3)nc2c(-c2ccccc2)c1CC=C. The highest BCUT2D eigenvalue weighted by molar-refractivity contribution is 5.96. The summed E-state index contributed by atoms with van der Waals surface area (Å²) in [4.78, 5) is 8.51. The van der Waals surface area contributed by atoms with Crippen molar-refractivity contribution in [2.75, 3.05) is 0 Å². The summed E-state index contributed by atoms with van der Waals surface area (Å²) in [5.74, 6) is 0.892. The predicted molar refractivity (Wildman–Crippen MR) is 115 cm³/mol. The van der Waals surface area contributed by atoms with Crippen molar-refractivity contribution in [2.24, 2.45) is 0 Å². The highest BCUT2D eigenvalue weighted by atomic mass is 14.9. The van der Waals surface area contributed by atoms with Crippen LogP contribution >= 0.6 is 0 Å². The second kappa shape index (κ2) is 7.46. The van der Waals surface area contributed by atoms with Crippen LogP contribution in [0, 0.1) is 0 Å². The molecule has 0 aliphatic carbocycles. The molecular formula is C25H22N2. The standard InChI is InChI=1S/C25H22N2/c1-3-11-20-17-22-24(27-25(26-22)19-15-9-6-10-16-19)23(21(20)12-4-2)18-13-7-5-8-14-18/h3-10,13-17H,1-2,11-12H2,(H,26,27). The van der Waals surface area contributed by atoms with Crippen molar-refractivity contribution in [2.45, 2.75) is 12.8 Å². The van der Waals surface area contributed by atoms with Crippen LogP contribution in [0.4, 0.5) is 0 Å². The van der Waals surface area contributed by atoms with Crippen LogP contribution in [0.25, 0.3) is 33.5 Å². The van der Waals surface area contributed by atoms with Crippen molar-refractivity contribution in [1.82, 2.24) is 9.97 Å². The van der Waals surface area contributed by atoms with Crippen molar-refractivity contribution in [1.29, 1.82) is 0 Å². The summed E-state index contributed by atoms with van der Waals surface area (Å²) in [5, 5.41) is 0. The van der Waals surface area contributed by atoms with Gasteiger partial charge in [-0.1, -0.05) is 72.8 Å². The Labute approximate surface area is 159 Å². The zero-order chi connectivity index (χ0) is 18.6. The van der Waals surface area contributed by atoms with Crippen molar-refractivity contribution < 1.29 is 0 Å². The quantitative estimate of drug-likeness (QED) is 0.403. The van der Waals surface area contributed by atoms with Gasteiger partial charge < -0.3 is 4.98 Å². The van der Waals surface area contributed by atoms with Crippen LogP contribution in [0.3, 0.4) is 0 Å². The summed E-state index contributed by atoms with van der Waals surface area (Å²) in [7, 11) is 0. The summed E-state index contributed by atoms with van der Waals surface area (Å²) in [6.45, 7) is 7.91. The van der Waals surface area contributed by atoms with E-state index in [1.807, 2.05) is 36.4 Å². The minimum Gasteiger partial charge on any atom is -0.338 e. The first-order valence-corrected chi connectivity index (χ1v) is 9.19. The van der Waals surface area contributed by atoms with Gasteiger partial charge in [0, 0.05) is 11.1 Å².